The second-order valence-corrected chi connectivity index (χ2v) is 6.31. The van der Waals surface area contributed by atoms with Gasteiger partial charge in [-0.15, -0.1) is 0 Å². The molecule has 0 fully saturated rings. The number of imidazole rings is 1. The number of unbranched alkanes of at least 4 members (excludes halogenated alkanes) is 1. The van der Waals surface area contributed by atoms with Gasteiger partial charge in [0.05, 0.1) is 17.1 Å². The summed E-state index contributed by atoms with van der Waals surface area (Å²) in [6, 6.07) is 8.26. The van der Waals surface area contributed by atoms with E-state index in [0.717, 1.165) is 24.3 Å². The number of hydrogen-bond acceptors (Lipinski definition) is 2. The van der Waals surface area contributed by atoms with Crippen molar-refractivity contribution in [3.63, 3.8) is 0 Å². The Kier molecular flexibility index (Phi) is 3.95. The van der Waals surface area contributed by atoms with Crippen LogP contribution in [0.1, 0.15) is 52.4 Å². The van der Waals surface area contributed by atoms with E-state index in [9.17, 15) is 0 Å². The molecule has 0 unspecified atom stereocenters. The minimum absolute atomic E-state index is 0.0192. The lowest BCUT2D eigenvalue weighted by Crippen LogP contribution is -2.29. The Balaban J connectivity index is 2.52. The predicted molar refractivity (Wildman–Crippen MR) is 81.0 cm³/mol. The van der Waals surface area contributed by atoms with Crippen LogP contribution < -0.4 is 5.73 Å². The van der Waals surface area contributed by atoms with Crippen molar-refractivity contribution in [3.8, 4) is 0 Å². The molecule has 104 valence electrons. The van der Waals surface area contributed by atoms with Crippen molar-refractivity contribution in [1.29, 1.82) is 0 Å². The lowest BCUT2D eigenvalue weighted by atomic mass is 9.87. The van der Waals surface area contributed by atoms with Gasteiger partial charge in [0.15, 0.2) is 0 Å². The van der Waals surface area contributed by atoms with Gasteiger partial charge >= 0.3 is 0 Å². The number of nitrogens with zero attached hydrogens (tertiary/aromatic N) is 2. The predicted octanol–water partition coefficient (Wildman–Crippen LogP) is 3.88. The second kappa shape index (κ2) is 5.33. The van der Waals surface area contributed by atoms with Crippen molar-refractivity contribution < 1.29 is 0 Å². The van der Waals surface area contributed by atoms with Crippen LogP contribution >= 0.6 is 0 Å². The Morgan fingerprint density at radius 1 is 1.26 bits per heavy atom. The average molecular weight is 259 g/mol. The monoisotopic (exact) mass is 259 g/mol. The first-order valence-electron chi connectivity index (χ1n) is 7.16. The Bertz CT molecular complexity index is 549. The molecule has 0 aliphatic heterocycles. The maximum atomic E-state index is 6.43. The molecule has 2 N–H and O–H groups in total. The van der Waals surface area contributed by atoms with E-state index >= 15 is 0 Å². The molecular weight excluding hydrogens is 234 g/mol. The standard InChI is InChI=1S/C16H25N3/c1-5-6-11-19-13-10-8-7-9-12(13)18-15(19)14(17)16(2,3)4/h7-10,14H,5-6,11,17H2,1-4H3/t14-/m0/s1. The van der Waals surface area contributed by atoms with E-state index in [1.54, 1.807) is 0 Å². The molecule has 2 rings (SSSR count). The van der Waals surface area contributed by atoms with Crippen molar-refractivity contribution in [2.75, 3.05) is 0 Å². The first-order chi connectivity index (χ1) is 8.95. The Labute approximate surface area is 115 Å². The Morgan fingerprint density at radius 2 is 1.95 bits per heavy atom. The maximum absolute atomic E-state index is 6.43. The topological polar surface area (TPSA) is 43.8 Å². The van der Waals surface area contributed by atoms with E-state index in [2.05, 4.69) is 50.5 Å². The first-order valence-corrected chi connectivity index (χ1v) is 7.16. The van der Waals surface area contributed by atoms with Crippen molar-refractivity contribution in [3.05, 3.63) is 30.1 Å². The summed E-state index contributed by atoms with van der Waals surface area (Å²) < 4.78 is 2.30. The zero-order valence-electron chi connectivity index (χ0n) is 12.5. The van der Waals surface area contributed by atoms with Crippen LogP contribution in [0.2, 0.25) is 0 Å². The lowest BCUT2D eigenvalue weighted by molar-refractivity contribution is 0.308. The molecule has 3 heteroatoms. The minimum Gasteiger partial charge on any atom is -0.327 e. The molecule has 1 aromatic heterocycles. The third kappa shape index (κ3) is 2.81. The van der Waals surface area contributed by atoms with Crippen LogP contribution in [0.15, 0.2) is 24.3 Å². The third-order valence-corrected chi connectivity index (χ3v) is 3.63. The highest BCUT2D eigenvalue weighted by molar-refractivity contribution is 5.76. The first kappa shape index (κ1) is 14.1. The van der Waals surface area contributed by atoms with Crippen LogP contribution in [0.4, 0.5) is 0 Å². The molecule has 0 aliphatic rings. The van der Waals surface area contributed by atoms with Gasteiger partial charge in [-0.3, -0.25) is 0 Å². The molecule has 3 nitrogen and oxygen atoms in total. The Hall–Kier alpha value is -1.35. The van der Waals surface area contributed by atoms with Gasteiger partial charge in [-0.05, 0) is 24.0 Å². The van der Waals surface area contributed by atoms with Gasteiger partial charge in [-0.1, -0.05) is 46.2 Å². The molecular formula is C16H25N3. The number of para-hydroxylation sites is 2. The fourth-order valence-corrected chi connectivity index (χ4v) is 2.27. The van der Waals surface area contributed by atoms with Crippen molar-refractivity contribution in [1.82, 2.24) is 9.55 Å². The SMILES string of the molecule is CCCCn1c([C@H](N)C(C)(C)C)nc2ccccc21. The van der Waals surface area contributed by atoms with Crippen molar-refractivity contribution in [2.45, 2.75) is 53.1 Å². The van der Waals surface area contributed by atoms with E-state index < -0.39 is 0 Å². The van der Waals surface area contributed by atoms with E-state index in [1.165, 1.54) is 11.9 Å². The summed E-state index contributed by atoms with van der Waals surface area (Å²) in [7, 11) is 0. The summed E-state index contributed by atoms with van der Waals surface area (Å²) in [4.78, 5) is 4.77. The average Bonchev–Trinajstić information content (AvgIpc) is 2.72. The van der Waals surface area contributed by atoms with Crippen LogP contribution in [0.5, 0.6) is 0 Å². The summed E-state index contributed by atoms with van der Waals surface area (Å²) in [6.45, 7) is 9.71. The van der Waals surface area contributed by atoms with Gasteiger partial charge in [0.2, 0.25) is 0 Å². The minimum atomic E-state index is -0.0447. The molecule has 0 saturated carbocycles. The zero-order chi connectivity index (χ0) is 14.0. The van der Waals surface area contributed by atoms with E-state index in [0.29, 0.717) is 0 Å². The van der Waals surface area contributed by atoms with Gasteiger partial charge in [0.1, 0.15) is 5.82 Å². The molecule has 0 spiro atoms. The molecule has 0 aliphatic carbocycles. The van der Waals surface area contributed by atoms with Gasteiger partial charge in [-0.25, -0.2) is 4.98 Å². The zero-order valence-corrected chi connectivity index (χ0v) is 12.5. The van der Waals surface area contributed by atoms with Gasteiger partial charge in [0, 0.05) is 6.54 Å². The highest BCUT2D eigenvalue weighted by Crippen LogP contribution is 2.32. The summed E-state index contributed by atoms with van der Waals surface area (Å²) in [5.41, 5.74) is 8.69. The smallest absolute Gasteiger partial charge is 0.127 e. The van der Waals surface area contributed by atoms with E-state index in [4.69, 9.17) is 10.7 Å². The van der Waals surface area contributed by atoms with Crippen LogP contribution in [-0.2, 0) is 6.54 Å². The molecule has 1 aromatic carbocycles. The highest BCUT2D eigenvalue weighted by atomic mass is 15.1. The van der Waals surface area contributed by atoms with Crippen molar-refractivity contribution in [2.24, 2.45) is 11.1 Å². The molecule has 0 saturated heterocycles. The second-order valence-electron chi connectivity index (χ2n) is 6.31. The molecule has 0 bridgehead atoms. The summed E-state index contributed by atoms with van der Waals surface area (Å²) >= 11 is 0. The van der Waals surface area contributed by atoms with Crippen LogP contribution in [0.3, 0.4) is 0 Å². The lowest BCUT2D eigenvalue weighted by Gasteiger charge is -2.27. The van der Waals surface area contributed by atoms with Gasteiger partial charge < -0.3 is 10.3 Å². The number of benzene rings is 1. The molecule has 19 heavy (non-hydrogen) atoms. The maximum Gasteiger partial charge on any atom is 0.127 e. The summed E-state index contributed by atoms with van der Waals surface area (Å²) in [5.74, 6) is 1.02. The van der Waals surface area contributed by atoms with E-state index in [-0.39, 0.29) is 11.5 Å². The van der Waals surface area contributed by atoms with Gasteiger partial charge in [-0.2, -0.15) is 0 Å². The number of fused-ring (bicyclic) bond motifs is 1. The quantitative estimate of drug-likeness (QED) is 0.905. The van der Waals surface area contributed by atoms with Crippen molar-refractivity contribution >= 4 is 11.0 Å². The van der Waals surface area contributed by atoms with Crippen LogP contribution in [0, 0.1) is 5.41 Å². The van der Waals surface area contributed by atoms with Crippen LogP contribution in [0.25, 0.3) is 11.0 Å². The summed E-state index contributed by atoms with van der Waals surface area (Å²) in [5, 5.41) is 0. The Morgan fingerprint density at radius 3 is 2.58 bits per heavy atom. The fraction of sp³-hybridized carbons (Fsp3) is 0.562. The highest BCUT2D eigenvalue weighted by Gasteiger charge is 2.27. The van der Waals surface area contributed by atoms with Crippen LogP contribution in [-0.4, -0.2) is 9.55 Å². The molecule has 0 amide bonds. The number of rotatable bonds is 4. The molecule has 1 atom stereocenters. The van der Waals surface area contributed by atoms with E-state index in [1.807, 2.05) is 6.07 Å². The molecule has 0 radical (unpaired) electrons. The number of aryl methyl sites for hydroxylation is 1. The largest absolute Gasteiger partial charge is 0.327 e. The number of hydrogen-bond donors (Lipinski definition) is 1. The number of aromatic nitrogens is 2. The normalized spacial score (nSPS) is 13.9. The van der Waals surface area contributed by atoms with Gasteiger partial charge in [0.25, 0.3) is 0 Å². The molecule has 2 aromatic rings. The molecule has 1 heterocycles. The third-order valence-electron chi connectivity index (χ3n) is 3.63. The number of nitrogens with two attached hydrogens (primary N) is 1. The summed E-state index contributed by atoms with van der Waals surface area (Å²) in [6.07, 6.45) is 2.33. The fourth-order valence-electron chi connectivity index (χ4n) is 2.27.